The van der Waals surface area contributed by atoms with Gasteiger partial charge in [-0.05, 0) is 31.0 Å². The van der Waals surface area contributed by atoms with Crippen LogP contribution in [0.25, 0.3) is 0 Å². The molecule has 3 N–H and O–H groups in total. The first kappa shape index (κ1) is 14.8. The fourth-order valence-electron chi connectivity index (χ4n) is 2.44. The monoisotopic (exact) mass is 277 g/mol. The zero-order valence-electron chi connectivity index (χ0n) is 12.2. The quantitative estimate of drug-likeness (QED) is 0.803. The number of anilines is 2. The van der Waals surface area contributed by atoms with Gasteiger partial charge in [-0.15, -0.1) is 0 Å². The van der Waals surface area contributed by atoms with Crippen LogP contribution in [0, 0.1) is 6.92 Å². The van der Waals surface area contributed by atoms with E-state index in [-0.39, 0.29) is 5.91 Å². The number of nitrogens with two attached hydrogens (primary N) is 1. The molecule has 1 aliphatic rings. The lowest BCUT2D eigenvalue weighted by molar-refractivity contribution is -0.116. The van der Waals surface area contributed by atoms with Gasteiger partial charge in [0.25, 0.3) is 0 Å². The third-order valence-electron chi connectivity index (χ3n) is 3.75. The highest BCUT2D eigenvalue weighted by Gasteiger charge is 2.22. The summed E-state index contributed by atoms with van der Waals surface area (Å²) >= 11 is 0. The van der Waals surface area contributed by atoms with Crippen LogP contribution in [0.3, 0.4) is 0 Å². The molecule has 1 unspecified atom stereocenters. The van der Waals surface area contributed by atoms with Crippen LogP contribution in [0.4, 0.5) is 11.4 Å². The topological polar surface area (TPSA) is 67.6 Å². The third-order valence-corrected chi connectivity index (χ3v) is 3.75. The third kappa shape index (κ3) is 3.95. The zero-order valence-corrected chi connectivity index (χ0v) is 12.2. The summed E-state index contributed by atoms with van der Waals surface area (Å²) in [6.07, 6.45) is 1.85. The maximum atomic E-state index is 12.0. The van der Waals surface area contributed by atoms with Gasteiger partial charge in [0.1, 0.15) is 0 Å². The number of nitrogens with one attached hydrogen (secondary N) is 1. The van der Waals surface area contributed by atoms with Crippen molar-refractivity contribution in [1.29, 1.82) is 0 Å². The van der Waals surface area contributed by atoms with Crippen molar-refractivity contribution in [1.82, 2.24) is 4.90 Å². The number of ether oxygens (including phenoxy) is 1. The van der Waals surface area contributed by atoms with Gasteiger partial charge in [-0.2, -0.15) is 0 Å². The van der Waals surface area contributed by atoms with Crippen LogP contribution in [0.15, 0.2) is 18.2 Å². The zero-order chi connectivity index (χ0) is 14.5. The second-order valence-electron chi connectivity index (χ2n) is 5.32. The molecule has 1 fully saturated rings. The van der Waals surface area contributed by atoms with Gasteiger partial charge in [0.2, 0.25) is 5.91 Å². The average molecular weight is 277 g/mol. The molecule has 2 rings (SSSR count). The number of methoxy groups -OCH3 is 1. The number of benzene rings is 1. The molecule has 1 aliphatic heterocycles. The number of hydrogen-bond donors (Lipinski definition) is 2. The van der Waals surface area contributed by atoms with E-state index in [0.717, 1.165) is 37.3 Å². The molecule has 5 heteroatoms. The molecule has 1 amide bonds. The Labute approximate surface area is 120 Å². The molecule has 1 heterocycles. The summed E-state index contributed by atoms with van der Waals surface area (Å²) < 4.78 is 5.32. The maximum absolute atomic E-state index is 12.0. The molecular weight excluding hydrogens is 254 g/mol. The highest BCUT2D eigenvalue weighted by atomic mass is 16.5. The highest BCUT2D eigenvalue weighted by molar-refractivity contribution is 5.92. The van der Waals surface area contributed by atoms with Crippen LogP contribution >= 0.6 is 0 Å². The summed E-state index contributed by atoms with van der Waals surface area (Å²) in [7, 11) is 1.74. The van der Waals surface area contributed by atoms with E-state index in [2.05, 4.69) is 10.2 Å². The van der Waals surface area contributed by atoms with Crippen molar-refractivity contribution >= 4 is 17.3 Å². The summed E-state index contributed by atoms with van der Waals surface area (Å²) in [5, 5.41) is 2.92. The van der Waals surface area contributed by atoms with Crippen molar-refractivity contribution in [3.63, 3.8) is 0 Å². The summed E-state index contributed by atoms with van der Waals surface area (Å²) in [4.78, 5) is 14.2. The van der Waals surface area contributed by atoms with Crippen molar-refractivity contribution in [3.05, 3.63) is 23.8 Å². The minimum absolute atomic E-state index is 0.0274. The van der Waals surface area contributed by atoms with Crippen molar-refractivity contribution < 1.29 is 9.53 Å². The van der Waals surface area contributed by atoms with Crippen LogP contribution in [0.1, 0.15) is 18.4 Å². The van der Waals surface area contributed by atoms with Crippen LogP contribution in [-0.2, 0) is 9.53 Å². The first-order chi connectivity index (χ1) is 9.58. The Hall–Kier alpha value is -1.59. The summed E-state index contributed by atoms with van der Waals surface area (Å²) in [6.45, 7) is 4.65. The highest BCUT2D eigenvalue weighted by Crippen LogP contribution is 2.18. The first-order valence-corrected chi connectivity index (χ1v) is 6.99. The Morgan fingerprint density at radius 2 is 2.35 bits per heavy atom. The van der Waals surface area contributed by atoms with Gasteiger partial charge in [-0.25, -0.2) is 0 Å². The summed E-state index contributed by atoms with van der Waals surface area (Å²) in [6, 6.07) is 5.54. The molecule has 1 aromatic rings. The SMILES string of the molecule is COC1CCN(CCC(=O)Nc2cc(N)ccc2C)C1. The molecule has 0 bridgehead atoms. The number of nitrogens with zero attached hydrogens (tertiary/aromatic N) is 1. The lowest BCUT2D eigenvalue weighted by Crippen LogP contribution is -2.27. The van der Waals surface area contributed by atoms with Crippen LogP contribution in [0.2, 0.25) is 0 Å². The van der Waals surface area contributed by atoms with Crippen LogP contribution < -0.4 is 11.1 Å². The first-order valence-electron chi connectivity index (χ1n) is 6.99. The van der Waals surface area contributed by atoms with E-state index in [1.807, 2.05) is 19.1 Å². The number of carbonyl (C=O) groups excluding carboxylic acids is 1. The predicted octanol–water partition coefficient (Wildman–Crippen LogP) is 1.63. The average Bonchev–Trinajstić information content (AvgIpc) is 2.89. The van der Waals surface area contributed by atoms with Gasteiger partial charge in [0.15, 0.2) is 0 Å². The smallest absolute Gasteiger partial charge is 0.225 e. The number of rotatable bonds is 5. The van der Waals surface area contributed by atoms with Gasteiger partial charge in [0.05, 0.1) is 6.10 Å². The molecule has 20 heavy (non-hydrogen) atoms. The largest absolute Gasteiger partial charge is 0.399 e. The fourth-order valence-corrected chi connectivity index (χ4v) is 2.44. The second kappa shape index (κ2) is 6.72. The number of hydrogen-bond acceptors (Lipinski definition) is 4. The van der Waals surface area contributed by atoms with E-state index in [1.165, 1.54) is 0 Å². The fraction of sp³-hybridized carbons (Fsp3) is 0.533. The molecule has 110 valence electrons. The van der Waals surface area contributed by atoms with E-state index in [1.54, 1.807) is 13.2 Å². The van der Waals surface area contributed by atoms with E-state index in [9.17, 15) is 4.79 Å². The molecule has 0 saturated carbocycles. The van der Waals surface area contributed by atoms with Crippen LogP contribution in [0.5, 0.6) is 0 Å². The van der Waals surface area contributed by atoms with Gasteiger partial charge in [0, 0.05) is 44.5 Å². The second-order valence-corrected chi connectivity index (χ2v) is 5.32. The Bertz CT molecular complexity index is 476. The summed E-state index contributed by atoms with van der Waals surface area (Å²) in [5.41, 5.74) is 8.21. The number of nitrogen functional groups attached to an aromatic ring is 1. The Kier molecular flexibility index (Phi) is 4.98. The number of amides is 1. The van der Waals surface area contributed by atoms with Gasteiger partial charge >= 0.3 is 0 Å². The normalized spacial score (nSPS) is 19.2. The molecule has 1 atom stereocenters. The Morgan fingerprint density at radius 1 is 1.55 bits per heavy atom. The molecule has 0 spiro atoms. The molecular formula is C15H23N3O2. The molecule has 0 aromatic heterocycles. The number of aryl methyl sites for hydroxylation is 1. The number of carbonyl (C=O) groups is 1. The Balaban J connectivity index is 1.79. The molecule has 0 radical (unpaired) electrons. The molecule has 1 saturated heterocycles. The Morgan fingerprint density at radius 3 is 3.05 bits per heavy atom. The predicted molar refractivity (Wildman–Crippen MR) is 80.7 cm³/mol. The minimum Gasteiger partial charge on any atom is -0.399 e. The van der Waals surface area contributed by atoms with E-state index < -0.39 is 0 Å². The van der Waals surface area contributed by atoms with Crippen molar-refractivity contribution in [2.75, 3.05) is 37.8 Å². The lowest BCUT2D eigenvalue weighted by atomic mass is 10.2. The molecule has 1 aromatic carbocycles. The lowest BCUT2D eigenvalue weighted by Gasteiger charge is -2.15. The van der Waals surface area contributed by atoms with Gasteiger partial charge in [-0.1, -0.05) is 6.07 Å². The van der Waals surface area contributed by atoms with E-state index >= 15 is 0 Å². The summed E-state index contributed by atoms with van der Waals surface area (Å²) in [5.74, 6) is 0.0274. The van der Waals surface area contributed by atoms with Crippen molar-refractivity contribution in [3.8, 4) is 0 Å². The minimum atomic E-state index is 0.0274. The molecule has 0 aliphatic carbocycles. The van der Waals surface area contributed by atoms with Gasteiger partial charge < -0.3 is 20.7 Å². The standard InChI is InChI=1S/C15H23N3O2/c1-11-3-4-12(16)9-14(11)17-15(19)6-8-18-7-5-13(10-18)20-2/h3-4,9,13H,5-8,10,16H2,1-2H3,(H,17,19). The van der Waals surface area contributed by atoms with E-state index in [4.69, 9.17) is 10.5 Å². The number of likely N-dealkylation sites (tertiary alicyclic amines) is 1. The van der Waals surface area contributed by atoms with Crippen LogP contribution in [-0.4, -0.2) is 43.7 Å². The molecule has 5 nitrogen and oxygen atoms in total. The van der Waals surface area contributed by atoms with E-state index in [0.29, 0.717) is 18.2 Å². The van der Waals surface area contributed by atoms with Gasteiger partial charge in [-0.3, -0.25) is 4.79 Å². The van der Waals surface area contributed by atoms with Crippen molar-refractivity contribution in [2.45, 2.75) is 25.9 Å². The van der Waals surface area contributed by atoms with Crippen molar-refractivity contribution in [2.24, 2.45) is 0 Å². The maximum Gasteiger partial charge on any atom is 0.225 e.